The van der Waals surface area contributed by atoms with Crippen LogP contribution in [0.1, 0.15) is 0 Å². The number of halogens is 3. The van der Waals surface area contributed by atoms with Crippen molar-refractivity contribution in [3.63, 3.8) is 0 Å². The van der Waals surface area contributed by atoms with Gasteiger partial charge < -0.3 is 4.48 Å². The van der Waals surface area contributed by atoms with Gasteiger partial charge in [-0.1, -0.05) is 0 Å². The summed E-state index contributed by atoms with van der Waals surface area (Å²) in [4.78, 5) is -0.278. The predicted molar refractivity (Wildman–Crippen MR) is 66.0 cm³/mol. The van der Waals surface area contributed by atoms with Crippen molar-refractivity contribution in [3.8, 4) is 0 Å². The standard InChI is InChI=1S/C4H12N.3HI.V/c1-5(2,3)4;;;;/h1-4H3;3*1H;/q+1;;;;+3/p-3. The van der Waals surface area contributed by atoms with E-state index in [1.54, 1.807) is 0 Å². The van der Waals surface area contributed by atoms with Gasteiger partial charge in [0.05, 0.1) is 28.2 Å². The van der Waals surface area contributed by atoms with E-state index >= 15 is 0 Å². The molecule has 0 spiro atoms. The number of hydrogen-bond acceptors (Lipinski definition) is 0. The summed E-state index contributed by atoms with van der Waals surface area (Å²) in [6.07, 6.45) is 0. The van der Waals surface area contributed by atoms with Gasteiger partial charge >= 0.3 is 64.9 Å². The Morgan fingerprint density at radius 2 is 0.889 bits per heavy atom. The van der Waals surface area contributed by atoms with Gasteiger partial charge in [0.25, 0.3) is 0 Å². The second-order valence-electron chi connectivity index (χ2n) is 2.87. The van der Waals surface area contributed by atoms with Crippen molar-refractivity contribution in [2.75, 3.05) is 28.2 Å². The molecule has 0 amide bonds. The normalized spacial score (nSPS) is 10.7. The molecule has 0 aliphatic carbocycles. The second-order valence-corrected chi connectivity index (χ2v) is 38.2. The Morgan fingerprint density at radius 3 is 0.889 bits per heavy atom. The average Bonchev–Trinajstić information content (AvgIpc) is 1.19. The van der Waals surface area contributed by atoms with Crippen molar-refractivity contribution in [1.29, 1.82) is 0 Å². The van der Waals surface area contributed by atoms with Crippen molar-refractivity contribution in [2.24, 2.45) is 0 Å². The van der Waals surface area contributed by atoms with Gasteiger partial charge in [0.15, 0.2) is 0 Å². The molecule has 0 saturated heterocycles. The molecule has 0 saturated carbocycles. The number of hydrogen-bond donors (Lipinski definition) is 0. The van der Waals surface area contributed by atoms with E-state index in [0.29, 0.717) is 0 Å². The zero-order chi connectivity index (χ0) is 8.08. The van der Waals surface area contributed by atoms with Crippen molar-refractivity contribution >= 4 is 59.9 Å². The Labute approximate surface area is 95.6 Å². The monoisotopic (exact) mass is 506 g/mol. The Morgan fingerprint density at radius 1 is 0.889 bits per heavy atom. The molecule has 0 aliphatic heterocycles. The molecule has 0 aromatic rings. The van der Waals surface area contributed by atoms with E-state index in [1.807, 2.05) is 0 Å². The quantitative estimate of drug-likeness (QED) is 0.351. The summed E-state index contributed by atoms with van der Waals surface area (Å²) >= 11 is 7.39. The van der Waals surface area contributed by atoms with Gasteiger partial charge in [0, 0.05) is 0 Å². The SMILES string of the molecule is C[N+](C)(C)C.[I][V]([I])[I]. The van der Waals surface area contributed by atoms with Crippen molar-refractivity contribution in [3.05, 3.63) is 0 Å². The summed E-state index contributed by atoms with van der Waals surface area (Å²) in [5, 5.41) is 0. The third-order valence-electron chi connectivity index (χ3n) is 0. The van der Waals surface area contributed by atoms with Crippen LogP contribution in [0.15, 0.2) is 0 Å². The van der Waals surface area contributed by atoms with E-state index in [4.69, 9.17) is 0 Å². The number of nitrogens with zero attached hydrogens (tertiary/aromatic N) is 1. The molecular formula is C4H12I3NV+. The first kappa shape index (κ1) is 14.3. The molecule has 58 valence electrons. The maximum atomic E-state index is 2.46. The van der Waals surface area contributed by atoms with Crippen LogP contribution in [0.2, 0.25) is 0 Å². The molecule has 0 radical (unpaired) electrons. The molecule has 0 aliphatic rings. The fraction of sp³-hybridized carbons (Fsp3) is 1.00. The first-order chi connectivity index (χ1) is 3.73. The molecule has 9 heavy (non-hydrogen) atoms. The first-order valence-electron chi connectivity index (χ1n) is 2.30. The second kappa shape index (κ2) is 7.39. The summed E-state index contributed by atoms with van der Waals surface area (Å²) in [7, 11) is 8.50. The predicted octanol–water partition coefficient (Wildman–Crippen LogP) is 2.98. The molecule has 0 bridgehead atoms. The van der Waals surface area contributed by atoms with Crippen LogP contribution in [0.3, 0.4) is 0 Å². The minimum absolute atomic E-state index is 0.278. The summed E-state index contributed by atoms with van der Waals surface area (Å²) in [6.45, 7) is 0. The summed E-state index contributed by atoms with van der Waals surface area (Å²) in [5.74, 6) is 0. The fourth-order valence-electron chi connectivity index (χ4n) is 0. The number of quaternary nitrogens is 1. The van der Waals surface area contributed by atoms with Crippen LogP contribution in [0, 0.1) is 0 Å². The van der Waals surface area contributed by atoms with Gasteiger partial charge in [0.2, 0.25) is 0 Å². The van der Waals surface area contributed by atoms with Gasteiger partial charge in [-0.15, -0.1) is 0 Å². The molecule has 0 N–H and O–H groups in total. The van der Waals surface area contributed by atoms with Gasteiger partial charge in [-0.2, -0.15) is 0 Å². The van der Waals surface area contributed by atoms with Crippen LogP contribution < -0.4 is 0 Å². The average molecular weight is 506 g/mol. The molecule has 0 fully saturated rings. The zero-order valence-corrected chi connectivity index (χ0v) is 13.9. The topological polar surface area (TPSA) is 0 Å². The molecule has 0 heterocycles. The summed E-state index contributed by atoms with van der Waals surface area (Å²) in [5.41, 5.74) is 0. The third-order valence-corrected chi connectivity index (χ3v) is 0. The van der Waals surface area contributed by atoms with E-state index in [2.05, 4.69) is 88.1 Å². The van der Waals surface area contributed by atoms with Gasteiger partial charge in [0.1, 0.15) is 0 Å². The first-order valence-corrected chi connectivity index (χ1v) is 15.8. The Balaban J connectivity index is 0. The Kier molecular flexibility index (Phi) is 11.7. The van der Waals surface area contributed by atoms with E-state index in [-0.39, 0.29) is 4.92 Å². The molecule has 0 rings (SSSR count). The number of rotatable bonds is 0. The van der Waals surface area contributed by atoms with E-state index < -0.39 is 0 Å². The van der Waals surface area contributed by atoms with Gasteiger partial charge in [-0.3, -0.25) is 0 Å². The molecule has 1 nitrogen and oxygen atoms in total. The summed E-state index contributed by atoms with van der Waals surface area (Å²) in [6, 6.07) is 0. The van der Waals surface area contributed by atoms with Crippen LogP contribution in [0.5, 0.6) is 0 Å². The maximum absolute atomic E-state index is 2.46. The third kappa shape index (κ3) is 110. The van der Waals surface area contributed by atoms with Crippen molar-refractivity contribution in [2.45, 2.75) is 0 Å². The van der Waals surface area contributed by atoms with Crippen LogP contribution in [0.25, 0.3) is 0 Å². The fourth-order valence-corrected chi connectivity index (χ4v) is 0. The molecule has 5 heteroatoms. The molecule has 0 atom stereocenters. The Bertz CT molecular complexity index is 52.6. The van der Waals surface area contributed by atoms with E-state index in [0.717, 1.165) is 4.48 Å². The van der Waals surface area contributed by atoms with Gasteiger partial charge in [-0.05, 0) is 0 Å². The molecule has 0 aromatic carbocycles. The Hall–Kier alpha value is 2.73. The van der Waals surface area contributed by atoms with Crippen LogP contribution in [0.4, 0.5) is 0 Å². The summed E-state index contributed by atoms with van der Waals surface area (Å²) < 4.78 is 1.00. The molecule has 0 unspecified atom stereocenters. The molecular weight excluding hydrogens is 494 g/mol. The van der Waals surface area contributed by atoms with E-state index in [1.165, 1.54) is 0 Å². The van der Waals surface area contributed by atoms with Crippen LogP contribution >= 0.6 is 59.9 Å². The molecule has 0 aromatic heterocycles. The van der Waals surface area contributed by atoms with Crippen molar-refractivity contribution in [1.82, 2.24) is 0 Å². The van der Waals surface area contributed by atoms with Crippen molar-refractivity contribution < 1.29 is 9.40 Å². The zero-order valence-electron chi connectivity index (χ0n) is 6.03. The van der Waals surface area contributed by atoms with Crippen LogP contribution in [-0.2, 0) is 4.92 Å². The van der Waals surface area contributed by atoms with Crippen LogP contribution in [-0.4, -0.2) is 32.7 Å². The van der Waals surface area contributed by atoms with Gasteiger partial charge in [-0.25, -0.2) is 0 Å². The van der Waals surface area contributed by atoms with E-state index in [9.17, 15) is 0 Å². The minimum atomic E-state index is -0.278.